The lowest BCUT2D eigenvalue weighted by molar-refractivity contribution is -0.121. The van der Waals surface area contributed by atoms with Crippen LogP contribution in [0.25, 0.3) is 0 Å². The second kappa shape index (κ2) is 13.3. The molecule has 0 bridgehead atoms. The minimum absolute atomic E-state index is 0. The first-order valence-electron chi connectivity index (χ1n) is 8.37. The highest BCUT2D eigenvalue weighted by Crippen LogP contribution is 2.21. The predicted molar refractivity (Wildman–Crippen MR) is 119 cm³/mol. The van der Waals surface area contributed by atoms with Crippen molar-refractivity contribution in [3.63, 3.8) is 0 Å². The minimum Gasteiger partial charge on any atom is -0.356 e. The third-order valence-corrected chi connectivity index (χ3v) is 4.60. The van der Waals surface area contributed by atoms with Crippen molar-refractivity contribution >= 4 is 47.6 Å². The summed E-state index contributed by atoms with van der Waals surface area (Å²) in [7, 11) is 1.74. The van der Waals surface area contributed by atoms with Gasteiger partial charge in [-0.3, -0.25) is 9.79 Å². The number of amides is 1. The van der Waals surface area contributed by atoms with E-state index < -0.39 is 0 Å². The van der Waals surface area contributed by atoms with Crippen LogP contribution in [-0.4, -0.2) is 37.8 Å². The zero-order chi connectivity index (χ0) is 17.9. The number of thioether (sulfide) groups is 1. The summed E-state index contributed by atoms with van der Waals surface area (Å²) in [6.07, 6.45) is 3.46. The summed E-state index contributed by atoms with van der Waals surface area (Å²) >= 11 is 1.75. The number of nitrogens with zero attached hydrogens (tertiary/aromatic N) is 1. The standard InChI is InChI=1S/C18H30N4OS.HI/c1-6-14(3)22-17(23)9-10-20-18(19-4)21-12-15-8-7-13(2)11-16(15)24-5;/h7-8,11,14H,6,9-10,12H2,1-5H3,(H,22,23)(H2,19,20,21);1H. The molecule has 3 N–H and O–H groups in total. The van der Waals surface area contributed by atoms with Crippen LogP contribution < -0.4 is 16.0 Å². The van der Waals surface area contributed by atoms with Crippen LogP contribution in [0, 0.1) is 6.92 Å². The number of aryl methyl sites for hydroxylation is 1. The smallest absolute Gasteiger partial charge is 0.221 e. The van der Waals surface area contributed by atoms with E-state index in [2.05, 4.69) is 59.2 Å². The molecular weight excluding hydrogens is 447 g/mol. The zero-order valence-corrected chi connectivity index (χ0v) is 19.0. The molecule has 5 nitrogen and oxygen atoms in total. The highest BCUT2D eigenvalue weighted by atomic mass is 127. The van der Waals surface area contributed by atoms with Gasteiger partial charge in [0.15, 0.2) is 5.96 Å². The van der Waals surface area contributed by atoms with E-state index >= 15 is 0 Å². The molecule has 0 saturated carbocycles. The van der Waals surface area contributed by atoms with Crippen LogP contribution in [-0.2, 0) is 11.3 Å². The van der Waals surface area contributed by atoms with Crippen molar-refractivity contribution in [2.45, 2.75) is 51.1 Å². The molecule has 1 unspecified atom stereocenters. The highest BCUT2D eigenvalue weighted by molar-refractivity contribution is 14.0. The van der Waals surface area contributed by atoms with E-state index in [1.165, 1.54) is 16.0 Å². The Morgan fingerprint density at radius 1 is 1.32 bits per heavy atom. The Labute approximate surface area is 173 Å². The van der Waals surface area contributed by atoms with E-state index in [0.29, 0.717) is 25.5 Å². The van der Waals surface area contributed by atoms with Gasteiger partial charge in [0, 0.05) is 37.5 Å². The van der Waals surface area contributed by atoms with Gasteiger partial charge in [0.25, 0.3) is 0 Å². The average Bonchev–Trinajstić information content (AvgIpc) is 2.58. The van der Waals surface area contributed by atoms with Crippen molar-refractivity contribution in [3.8, 4) is 0 Å². The molecule has 0 spiro atoms. The van der Waals surface area contributed by atoms with Gasteiger partial charge in [0.05, 0.1) is 0 Å². The Balaban J connectivity index is 0.00000576. The average molecular weight is 478 g/mol. The molecule has 1 aromatic rings. The summed E-state index contributed by atoms with van der Waals surface area (Å²) in [6.45, 7) is 7.43. The number of hydrogen-bond acceptors (Lipinski definition) is 3. The first-order valence-corrected chi connectivity index (χ1v) is 9.60. The van der Waals surface area contributed by atoms with Gasteiger partial charge in [-0.25, -0.2) is 0 Å². The summed E-state index contributed by atoms with van der Waals surface area (Å²) in [5.41, 5.74) is 2.50. The van der Waals surface area contributed by atoms with Gasteiger partial charge in [0.2, 0.25) is 5.91 Å². The molecule has 0 aliphatic rings. The number of hydrogen-bond donors (Lipinski definition) is 3. The largest absolute Gasteiger partial charge is 0.356 e. The molecule has 1 aromatic carbocycles. The SMILES string of the molecule is CCC(C)NC(=O)CCNC(=NC)NCc1ccc(C)cc1SC.I. The fraction of sp³-hybridized carbons (Fsp3) is 0.556. The van der Waals surface area contributed by atoms with E-state index in [1.807, 2.05) is 6.92 Å². The zero-order valence-electron chi connectivity index (χ0n) is 15.8. The third-order valence-electron chi connectivity index (χ3n) is 3.78. The van der Waals surface area contributed by atoms with E-state index in [4.69, 9.17) is 0 Å². The van der Waals surface area contributed by atoms with Gasteiger partial charge in [-0.05, 0) is 43.7 Å². The van der Waals surface area contributed by atoms with Crippen molar-refractivity contribution in [2.75, 3.05) is 19.8 Å². The Hall–Kier alpha value is -0.960. The Kier molecular flexibility index (Phi) is 12.8. The number of guanidine groups is 1. The highest BCUT2D eigenvalue weighted by Gasteiger charge is 2.07. The van der Waals surface area contributed by atoms with Gasteiger partial charge in [-0.15, -0.1) is 35.7 Å². The quantitative estimate of drug-likeness (QED) is 0.232. The molecule has 0 heterocycles. The van der Waals surface area contributed by atoms with Gasteiger partial charge in [-0.1, -0.05) is 19.1 Å². The van der Waals surface area contributed by atoms with Crippen LogP contribution >= 0.6 is 35.7 Å². The maximum Gasteiger partial charge on any atom is 0.221 e. The predicted octanol–water partition coefficient (Wildman–Crippen LogP) is 3.30. The van der Waals surface area contributed by atoms with E-state index in [1.54, 1.807) is 18.8 Å². The van der Waals surface area contributed by atoms with Crippen LogP contribution in [0.3, 0.4) is 0 Å². The summed E-state index contributed by atoms with van der Waals surface area (Å²) in [4.78, 5) is 17.2. The van der Waals surface area contributed by atoms with Crippen LogP contribution in [0.15, 0.2) is 28.1 Å². The number of nitrogens with one attached hydrogen (secondary N) is 3. The molecule has 0 aliphatic carbocycles. The first kappa shape index (κ1) is 24.0. The molecule has 0 fully saturated rings. The topological polar surface area (TPSA) is 65.5 Å². The van der Waals surface area contributed by atoms with Crippen molar-refractivity contribution in [1.82, 2.24) is 16.0 Å². The van der Waals surface area contributed by atoms with Crippen LogP contribution in [0.1, 0.15) is 37.8 Å². The second-order valence-electron chi connectivity index (χ2n) is 5.79. The monoisotopic (exact) mass is 478 g/mol. The lowest BCUT2D eigenvalue weighted by Gasteiger charge is -2.15. The number of benzene rings is 1. The molecule has 0 aromatic heterocycles. The van der Waals surface area contributed by atoms with Crippen LogP contribution in [0.5, 0.6) is 0 Å². The van der Waals surface area contributed by atoms with Crippen molar-refractivity contribution in [3.05, 3.63) is 29.3 Å². The van der Waals surface area contributed by atoms with Crippen molar-refractivity contribution in [1.29, 1.82) is 0 Å². The fourth-order valence-corrected chi connectivity index (χ4v) is 2.85. The molecule has 1 rings (SSSR count). The summed E-state index contributed by atoms with van der Waals surface area (Å²) in [6, 6.07) is 6.67. The van der Waals surface area contributed by atoms with Gasteiger partial charge in [0.1, 0.15) is 0 Å². The van der Waals surface area contributed by atoms with Crippen LogP contribution in [0.2, 0.25) is 0 Å². The molecule has 1 amide bonds. The molecule has 0 saturated heterocycles. The first-order chi connectivity index (χ1) is 11.5. The Bertz CT molecular complexity index is 566. The molecular formula is C18H31IN4OS. The van der Waals surface area contributed by atoms with E-state index in [9.17, 15) is 4.79 Å². The third kappa shape index (κ3) is 9.34. The Morgan fingerprint density at radius 3 is 2.64 bits per heavy atom. The second-order valence-corrected chi connectivity index (χ2v) is 6.64. The van der Waals surface area contributed by atoms with Gasteiger partial charge < -0.3 is 16.0 Å². The number of carbonyl (C=O) groups is 1. The number of halogens is 1. The maximum absolute atomic E-state index is 11.8. The lowest BCUT2D eigenvalue weighted by atomic mass is 10.1. The molecule has 142 valence electrons. The summed E-state index contributed by atoms with van der Waals surface area (Å²) in [5.74, 6) is 0.773. The maximum atomic E-state index is 11.8. The molecule has 0 aliphatic heterocycles. The number of rotatable bonds is 8. The molecule has 7 heteroatoms. The van der Waals surface area contributed by atoms with Crippen molar-refractivity contribution in [2.24, 2.45) is 4.99 Å². The summed E-state index contributed by atoms with van der Waals surface area (Å²) in [5, 5.41) is 9.44. The van der Waals surface area contributed by atoms with Gasteiger partial charge in [-0.2, -0.15) is 0 Å². The Morgan fingerprint density at radius 2 is 2.04 bits per heavy atom. The fourth-order valence-electron chi connectivity index (χ4n) is 2.14. The molecule has 1 atom stereocenters. The molecule has 0 radical (unpaired) electrons. The van der Waals surface area contributed by atoms with Gasteiger partial charge >= 0.3 is 0 Å². The summed E-state index contributed by atoms with van der Waals surface area (Å²) < 4.78 is 0. The van der Waals surface area contributed by atoms with Crippen LogP contribution in [0.4, 0.5) is 0 Å². The normalized spacial score (nSPS) is 12.1. The van der Waals surface area contributed by atoms with E-state index in [0.717, 1.165) is 6.42 Å². The van der Waals surface area contributed by atoms with Crippen molar-refractivity contribution < 1.29 is 4.79 Å². The minimum atomic E-state index is 0. The molecule has 25 heavy (non-hydrogen) atoms. The number of carbonyl (C=O) groups excluding carboxylic acids is 1. The lowest BCUT2D eigenvalue weighted by Crippen LogP contribution is -2.40. The number of aliphatic imine (C=N–C) groups is 1. The van der Waals surface area contributed by atoms with E-state index in [-0.39, 0.29) is 35.9 Å².